The Morgan fingerprint density at radius 1 is 1.07 bits per heavy atom. The molecule has 0 spiro atoms. The molecule has 0 saturated heterocycles. The van der Waals surface area contributed by atoms with Crippen LogP contribution in [0, 0.1) is 0 Å². The third-order valence-corrected chi connectivity index (χ3v) is 3.24. The van der Waals surface area contributed by atoms with E-state index in [9.17, 15) is 0 Å². The van der Waals surface area contributed by atoms with Gasteiger partial charge in [-0.3, -0.25) is 0 Å². The van der Waals surface area contributed by atoms with Gasteiger partial charge in [0.25, 0.3) is 0 Å². The third kappa shape index (κ3) is 2.93. The van der Waals surface area contributed by atoms with Crippen molar-refractivity contribution < 1.29 is 0 Å². The second kappa shape index (κ2) is 4.19. The van der Waals surface area contributed by atoms with Crippen LogP contribution in [0.5, 0.6) is 0 Å². The van der Waals surface area contributed by atoms with E-state index >= 15 is 0 Å². The molecule has 0 amide bonds. The Kier molecular flexibility index (Phi) is 3.35. The summed E-state index contributed by atoms with van der Waals surface area (Å²) in [6.07, 6.45) is 0. The molecule has 1 rings (SSSR count). The van der Waals surface area contributed by atoms with Crippen LogP contribution in [0.1, 0.15) is 31.9 Å². The van der Waals surface area contributed by atoms with Gasteiger partial charge in [0.2, 0.25) is 0 Å². The first-order valence-electron chi connectivity index (χ1n) is 5.28. The topological polar surface area (TPSA) is 0 Å². The first-order chi connectivity index (χ1) is 6.82. The molecule has 0 aromatic heterocycles. The third-order valence-electron chi connectivity index (χ3n) is 2.63. The number of allylic oxidation sites excluding steroid dienone is 2. The maximum absolute atomic E-state index is 4.18. The summed E-state index contributed by atoms with van der Waals surface area (Å²) in [5.74, 6) is 0. The number of hydrogen-bond acceptors (Lipinski definition) is 0. The Morgan fingerprint density at radius 3 is 1.80 bits per heavy atom. The lowest BCUT2D eigenvalue weighted by Crippen LogP contribution is -2.04. The predicted molar refractivity (Wildman–Crippen MR) is 74.2 cm³/mol. The van der Waals surface area contributed by atoms with Crippen LogP contribution in [0.2, 0.25) is 5.04 Å². The van der Waals surface area contributed by atoms with Gasteiger partial charge in [-0.05, 0) is 28.7 Å². The average molecular weight is 216 g/mol. The van der Waals surface area contributed by atoms with Crippen molar-refractivity contribution in [3.8, 4) is 0 Å². The normalized spacial score (nSPS) is 11.4. The minimum atomic E-state index is 0.269. The van der Waals surface area contributed by atoms with E-state index in [1.165, 1.54) is 16.7 Å². The summed E-state index contributed by atoms with van der Waals surface area (Å²) in [7, 11) is 1.12. The molecule has 0 heterocycles. The molecule has 1 aromatic rings. The van der Waals surface area contributed by atoms with Crippen molar-refractivity contribution in [2.45, 2.75) is 25.8 Å². The van der Waals surface area contributed by atoms with Crippen LogP contribution >= 0.6 is 0 Å². The van der Waals surface area contributed by atoms with Gasteiger partial charge < -0.3 is 0 Å². The summed E-state index contributed by atoms with van der Waals surface area (Å²) in [6.45, 7) is 14.6. The molecule has 80 valence electrons. The van der Waals surface area contributed by atoms with Crippen LogP contribution in [0.15, 0.2) is 37.4 Å². The molecule has 0 unspecified atom stereocenters. The zero-order chi connectivity index (χ0) is 11.6. The molecule has 0 N–H and O–H groups in total. The Morgan fingerprint density at radius 2 is 1.47 bits per heavy atom. The quantitative estimate of drug-likeness (QED) is 0.680. The van der Waals surface area contributed by atoms with Gasteiger partial charge in [0.1, 0.15) is 0 Å². The minimum absolute atomic E-state index is 0.269. The lowest BCUT2D eigenvalue weighted by Gasteiger charge is -2.22. The van der Waals surface area contributed by atoms with E-state index < -0.39 is 0 Å². The smallest absolute Gasteiger partial charge is 0.0155 e. The molecule has 0 fully saturated rings. The maximum Gasteiger partial charge on any atom is 0.0155 e. The van der Waals surface area contributed by atoms with Gasteiger partial charge in [0.05, 0.1) is 0 Å². The number of hydrogen-bond donors (Lipinski definition) is 0. The molecule has 1 aromatic carbocycles. The standard InChI is InChI=1S/C14H20Si/c1-10(2)12-6-8-13(9-7-12)11(3)14(4,5)15/h6-9H,1,3H2,2,4-5,15H3. The van der Waals surface area contributed by atoms with E-state index in [0.29, 0.717) is 0 Å². The molecule has 0 aliphatic heterocycles. The van der Waals surface area contributed by atoms with E-state index in [1.54, 1.807) is 0 Å². The van der Waals surface area contributed by atoms with Crippen LogP contribution in [-0.2, 0) is 0 Å². The van der Waals surface area contributed by atoms with Crippen LogP contribution in [0.3, 0.4) is 0 Å². The molecule has 0 bridgehead atoms. The van der Waals surface area contributed by atoms with Crippen LogP contribution in [0.25, 0.3) is 11.1 Å². The minimum Gasteiger partial charge on any atom is -0.0955 e. The highest BCUT2D eigenvalue weighted by Crippen LogP contribution is 2.36. The number of rotatable bonds is 3. The van der Waals surface area contributed by atoms with E-state index in [1.807, 2.05) is 6.92 Å². The van der Waals surface area contributed by atoms with Gasteiger partial charge in [-0.1, -0.05) is 56.8 Å². The molecule has 0 saturated carbocycles. The molecule has 1 heteroatoms. The first kappa shape index (κ1) is 12.0. The Balaban J connectivity index is 3.00. The molecule has 15 heavy (non-hydrogen) atoms. The Hall–Kier alpha value is -1.08. The summed E-state index contributed by atoms with van der Waals surface area (Å²) in [5, 5.41) is 0.269. The van der Waals surface area contributed by atoms with E-state index in [2.05, 4.69) is 51.3 Å². The second-order valence-corrected chi connectivity index (χ2v) is 7.59. The van der Waals surface area contributed by atoms with Crippen molar-refractivity contribution in [3.63, 3.8) is 0 Å². The van der Waals surface area contributed by atoms with Crippen molar-refractivity contribution in [2.24, 2.45) is 0 Å². The fraction of sp³-hybridized carbons (Fsp3) is 0.286. The van der Waals surface area contributed by atoms with Crippen LogP contribution < -0.4 is 0 Å². The van der Waals surface area contributed by atoms with Crippen LogP contribution in [-0.4, -0.2) is 10.2 Å². The largest absolute Gasteiger partial charge is 0.0955 e. The van der Waals surface area contributed by atoms with Gasteiger partial charge in [-0.25, -0.2) is 0 Å². The molecule has 0 aliphatic rings. The average Bonchev–Trinajstić information content (AvgIpc) is 2.15. The zero-order valence-corrected chi connectivity index (χ0v) is 12.2. The van der Waals surface area contributed by atoms with E-state index in [4.69, 9.17) is 0 Å². The summed E-state index contributed by atoms with van der Waals surface area (Å²) >= 11 is 0. The highest BCUT2D eigenvalue weighted by molar-refractivity contribution is 6.21. The highest BCUT2D eigenvalue weighted by atomic mass is 28.1. The van der Waals surface area contributed by atoms with Gasteiger partial charge in [-0.2, -0.15) is 0 Å². The van der Waals surface area contributed by atoms with Gasteiger partial charge in [0, 0.05) is 10.2 Å². The fourth-order valence-electron chi connectivity index (χ4n) is 1.39. The first-order valence-corrected chi connectivity index (χ1v) is 6.28. The number of benzene rings is 1. The molecule has 0 radical (unpaired) electrons. The lowest BCUT2D eigenvalue weighted by molar-refractivity contribution is 0.886. The molecular formula is C14H20Si. The van der Waals surface area contributed by atoms with Crippen molar-refractivity contribution in [1.29, 1.82) is 0 Å². The predicted octanol–water partition coefficient (Wildman–Crippen LogP) is 3.30. The van der Waals surface area contributed by atoms with E-state index in [0.717, 1.165) is 15.8 Å². The molecule has 0 aliphatic carbocycles. The van der Waals surface area contributed by atoms with Gasteiger partial charge in [0.15, 0.2) is 0 Å². The van der Waals surface area contributed by atoms with Crippen molar-refractivity contribution in [1.82, 2.24) is 0 Å². The maximum atomic E-state index is 4.18. The lowest BCUT2D eigenvalue weighted by atomic mass is 9.94. The fourth-order valence-corrected chi connectivity index (χ4v) is 1.68. The van der Waals surface area contributed by atoms with Gasteiger partial charge >= 0.3 is 0 Å². The summed E-state index contributed by atoms with van der Waals surface area (Å²) in [6, 6.07) is 8.53. The SMILES string of the molecule is C=C(C)c1ccc(C(=C)C(C)(C)[SiH3])cc1. The Labute approximate surface area is 96.1 Å². The highest BCUT2D eigenvalue weighted by Gasteiger charge is 2.16. The Bertz CT molecular complexity index is 377. The van der Waals surface area contributed by atoms with Crippen molar-refractivity contribution in [2.75, 3.05) is 0 Å². The van der Waals surface area contributed by atoms with Crippen molar-refractivity contribution in [3.05, 3.63) is 48.6 Å². The monoisotopic (exact) mass is 216 g/mol. The summed E-state index contributed by atoms with van der Waals surface area (Å²) < 4.78 is 0. The van der Waals surface area contributed by atoms with Gasteiger partial charge in [-0.15, -0.1) is 0 Å². The molecular weight excluding hydrogens is 196 g/mol. The molecule has 0 nitrogen and oxygen atoms in total. The molecule has 0 atom stereocenters. The van der Waals surface area contributed by atoms with Crippen molar-refractivity contribution >= 4 is 21.4 Å². The summed E-state index contributed by atoms with van der Waals surface area (Å²) in [4.78, 5) is 0. The van der Waals surface area contributed by atoms with Crippen LogP contribution in [0.4, 0.5) is 0 Å². The zero-order valence-electron chi connectivity index (χ0n) is 10.2. The summed E-state index contributed by atoms with van der Waals surface area (Å²) in [5.41, 5.74) is 4.80. The second-order valence-electron chi connectivity index (χ2n) is 5.09. The van der Waals surface area contributed by atoms with E-state index in [-0.39, 0.29) is 5.04 Å².